The molecule has 0 aliphatic carbocycles. The number of carbonyl (C=O) groups excluding carboxylic acids is 2. The van der Waals surface area contributed by atoms with Crippen molar-refractivity contribution in [2.75, 3.05) is 31.1 Å². The van der Waals surface area contributed by atoms with Crippen LogP contribution in [-0.4, -0.2) is 50.8 Å². The van der Waals surface area contributed by atoms with E-state index in [4.69, 9.17) is 10.00 Å². The van der Waals surface area contributed by atoms with Crippen LogP contribution in [0.25, 0.3) is 0 Å². The van der Waals surface area contributed by atoms with E-state index in [-0.39, 0.29) is 17.0 Å². The fourth-order valence-electron chi connectivity index (χ4n) is 2.79. The number of rotatable bonds is 9. The fraction of sp³-hybridized carbons (Fsp3) is 0.286. The van der Waals surface area contributed by atoms with Crippen molar-refractivity contribution >= 4 is 27.6 Å². The molecule has 2 aromatic carbocycles. The van der Waals surface area contributed by atoms with Crippen LogP contribution in [0.5, 0.6) is 0 Å². The summed E-state index contributed by atoms with van der Waals surface area (Å²) >= 11 is 0. The van der Waals surface area contributed by atoms with Gasteiger partial charge in [0.2, 0.25) is 10.0 Å². The van der Waals surface area contributed by atoms with E-state index in [1.807, 2.05) is 6.07 Å². The minimum atomic E-state index is -3.73. The van der Waals surface area contributed by atoms with Gasteiger partial charge in [0.15, 0.2) is 6.61 Å². The molecule has 0 radical (unpaired) electrons. The van der Waals surface area contributed by atoms with Crippen molar-refractivity contribution in [3.63, 3.8) is 0 Å². The Kier molecular flexibility index (Phi) is 8.09. The summed E-state index contributed by atoms with van der Waals surface area (Å²) < 4.78 is 31.6. The lowest BCUT2D eigenvalue weighted by molar-refractivity contribution is -0.121. The van der Waals surface area contributed by atoms with E-state index in [2.05, 4.69) is 0 Å². The van der Waals surface area contributed by atoms with Crippen LogP contribution in [0.15, 0.2) is 59.5 Å². The Bertz CT molecular complexity index is 1030. The van der Waals surface area contributed by atoms with Gasteiger partial charge in [-0.2, -0.15) is 9.57 Å². The first-order valence-corrected chi connectivity index (χ1v) is 10.8. The molecule has 0 aromatic heterocycles. The van der Waals surface area contributed by atoms with E-state index in [0.29, 0.717) is 18.8 Å². The first-order valence-electron chi connectivity index (χ1n) is 9.34. The molecular formula is C21H23N3O5S. The Morgan fingerprint density at radius 2 is 1.70 bits per heavy atom. The number of para-hydroxylation sites is 1. The van der Waals surface area contributed by atoms with E-state index in [1.54, 1.807) is 44.2 Å². The molecule has 0 bridgehead atoms. The normalized spacial score (nSPS) is 11.0. The summed E-state index contributed by atoms with van der Waals surface area (Å²) in [7, 11) is -3.73. The van der Waals surface area contributed by atoms with Crippen LogP contribution in [0.2, 0.25) is 0 Å². The Morgan fingerprint density at radius 1 is 1.03 bits per heavy atom. The van der Waals surface area contributed by atoms with Gasteiger partial charge in [0.25, 0.3) is 5.91 Å². The van der Waals surface area contributed by atoms with Gasteiger partial charge >= 0.3 is 5.97 Å². The van der Waals surface area contributed by atoms with Crippen molar-refractivity contribution in [1.82, 2.24) is 4.31 Å². The van der Waals surface area contributed by atoms with Gasteiger partial charge in [-0.05, 0) is 30.3 Å². The minimum Gasteiger partial charge on any atom is -0.452 e. The molecule has 0 aliphatic rings. The number of benzene rings is 2. The quantitative estimate of drug-likeness (QED) is 0.447. The molecule has 0 saturated carbocycles. The molecule has 2 aromatic rings. The summed E-state index contributed by atoms with van der Waals surface area (Å²) in [5.41, 5.74) is 0.523. The van der Waals surface area contributed by atoms with E-state index in [9.17, 15) is 18.0 Å². The van der Waals surface area contributed by atoms with Crippen molar-refractivity contribution in [3.8, 4) is 6.07 Å². The van der Waals surface area contributed by atoms with Crippen LogP contribution < -0.4 is 4.90 Å². The number of esters is 1. The predicted octanol–water partition coefficient (Wildman–Crippen LogP) is 2.43. The molecule has 2 rings (SSSR count). The highest BCUT2D eigenvalue weighted by Gasteiger charge is 2.23. The fourth-order valence-corrected chi connectivity index (χ4v) is 4.29. The first-order chi connectivity index (χ1) is 14.3. The Labute approximate surface area is 176 Å². The third kappa shape index (κ3) is 5.43. The van der Waals surface area contributed by atoms with Gasteiger partial charge in [0, 0.05) is 18.8 Å². The van der Waals surface area contributed by atoms with Gasteiger partial charge in [-0.3, -0.25) is 9.69 Å². The molecule has 9 heteroatoms. The van der Waals surface area contributed by atoms with Crippen molar-refractivity contribution in [2.24, 2.45) is 0 Å². The van der Waals surface area contributed by atoms with Gasteiger partial charge in [-0.15, -0.1) is 0 Å². The van der Waals surface area contributed by atoms with E-state index < -0.39 is 28.5 Å². The average molecular weight is 429 g/mol. The third-order valence-corrected chi connectivity index (χ3v) is 6.38. The summed E-state index contributed by atoms with van der Waals surface area (Å²) in [5, 5.41) is 8.98. The van der Waals surface area contributed by atoms with Crippen molar-refractivity contribution < 1.29 is 22.7 Å². The lowest BCUT2D eigenvalue weighted by atomic mass is 10.2. The van der Waals surface area contributed by atoms with Crippen molar-refractivity contribution in [3.05, 3.63) is 60.2 Å². The zero-order valence-corrected chi connectivity index (χ0v) is 17.6. The predicted molar refractivity (Wildman–Crippen MR) is 111 cm³/mol. The van der Waals surface area contributed by atoms with Crippen molar-refractivity contribution in [2.45, 2.75) is 18.7 Å². The minimum absolute atomic E-state index is 0.0163. The van der Waals surface area contributed by atoms with E-state index in [0.717, 1.165) is 0 Å². The summed E-state index contributed by atoms with van der Waals surface area (Å²) in [6, 6.07) is 15.9. The second-order valence-electron chi connectivity index (χ2n) is 6.17. The van der Waals surface area contributed by atoms with Gasteiger partial charge < -0.3 is 4.74 Å². The molecular weight excluding hydrogens is 406 g/mol. The van der Waals surface area contributed by atoms with E-state index in [1.165, 1.54) is 33.5 Å². The molecule has 0 unspecified atom stereocenters. The highest BCUT2D eigenvalue weighted by atomic mass is 32.2. The SMILES string of the molecule is CCN(CC)S(=O)(=O)c1cccc(C(=O)OCC(=O)N(CC#N)c2ccccc2)c1. The Balaban J connectivity index is 2.13. The molecule has 0 heterocycles. The zero-order valence-electron chi connectivity index (χ0n) is 16.8. The number of amides is 1. The highest BCUT2D eigenvalue weighted by molar-refractivity contribution is 7.89. The smallest absolute Gasteiger partial charge is 0.338 e. The maximum absolute atomic E-state index is 12.6. The molecule has 0 saturated heterocycles. The molecule has 8 nitrogen and oxygen atoms in total. The monoisotopic (exact) mass is 429 g/mol. The molecule has 0 spiro atoms. The molecule has 1 amide bonds. The second-order valence-corrected chi connectivity index (χ2v) is 8.10. The number of sulfonamides is 1. The zero-order chi connectivity index (χ0) is 22.1. The number of anilines is 1. The maximum atomic E-state index is 12.6. The number of nitrogens with zero attached hydrogens (tertiary/aromatic N) is 3. The highest BCUT2D eigenvalue weighted by Crippen LogP contribution is 2.18. The first kappa shape index (κ1) is 23.1. The lowest BCUT2D eigenvalue weighted by Crippen LogP contribution is -2.35. The number of ether oxygens (including phenoxy) is 1. The van der Waals surface area contributed by atoms with Crippen molar-refractivity contribution in [1.29, 1.82) is 5.26 Å². The van der Waals surface area contributed by atoms with Crippen LogP contribution in [0.3, 0.4) is 0 Å². The summed E-state index contributed by atoms with van der Waals surface area (Å²) in [4.78, 5) is 26.0. The summed E-state index contributed by atoms with van der Waals surface area (Å²) in [6.45, 7) is 3.28. The molecule has 30 heavy (non-hydrogen) atoms. The number of nitriles is 1. The van der Waals surface area contributed by atoms with Crippen LogP contribution in [-0.2, 0) is 19.6 Å². The molecule has 0 fully saturated rings. The second kappa shape index (κ2) is 10.5. The molecule has 158 valence electrons. The van der Waals surface area contributed by atoms with Crippen LogP contribution in [0.4, 0.5) is 5.69 Å². The maximum Gasteiger partial charge on any atom is 0.338 e. The molecule has 0 aliphatic heterocycles. The van der Waals surface area contributed by atoms with Crippen LogP contribution >= 0.6 is 0 Å². The topological polar surface area (TPSA) is 108 Å². The number of carbonyl (C=O) groups is 2. The van der Waals surface area contributed by atoms with Gasteiger partial charge in [0.1, 0.15) is 6.54 Å². The third-order valence-electron chi connectivity index (χ3n) is 4.34. The Morgan fingerprint density at radius 3 is 2.30 bits per heavy atom. The molecule has 0 atom stereocenters. The average Bonchev–Trinajstić information content (AvgIpc) is 2.77. The Hall–Kier alpha value is -3.22. The van der Waals surface area contributed by atoms with Gasteiger partial charge in [-0.25, -0.2) is 13.2 Å². The number of hydrogen-bond donors (Lipinski definition) is 0. The summed E-state index contributed by atoms with van der Waals surface area (Å²) in [6.07, 6.45) is 0. The van der Waals surface area contributed by atoms with Crippen LogP contribution in [0.1, 0.15) is 24.2 Å². The largest absolute Gasteiger partial charge is 0.452 e. The van der Waals surface area contributed by atoms with Gasteiger partial charge in [0.05, 0.1) is 16.5 Å². The van der Waals surface area contributed by atoms with E-state index >= 15 is 0 Å². The van der Waals surface area contributed by atoms with Gasteiger partial charge in [-0.1, -0.05) is 38.1 Å². The van der Waals surface area contributed by atoms with Crippen LogP contribution in [0, 0.1) is 11.3 Å². The summed E-state index contributed by atoms with van der Waals surface area (Å²) in [5.74, 6) is -1.40. The lowest BCUT2D eigenvalue weighted by Gasteiger charge is -2.20. The standard InChI is InChI=1S/C21H23N3O5S/c1-3-23(4-2)30(27,28)19-12-8-9-17(15-19)21(26)29-16-20(25)24(14-13-22)18-10-6-5-7-11-18/h5-12,15H,3-4,14,16H2,1-2H3. The number of hydrogen-bond acceptors (Lipinski definition) is 6. The molecule has 0 N–H and O–H groups in total.